The molecule has 3 rings (SSSR count). The first kappa shape index (κ1) is 8.22. The Hall–Kier alpha value is -1.11. The van der Waals surface area contributed by atoms with E-state index >= 15 is 0 Å². The zero-order chi connectivity index (χ0) is 9.54. The molecular formula is C13H14O. The van der Waals surface area contributed by atoms with Gasteiger partial charge in [-0.15, -0.1) is 0 Å². The quantitative estimate of drug-likeness (QED) is 0.608. The maximum absolute atomic E-state index is 12.1. The fourth-order valence-electron chi connectivity index (χ4n) is 2.99. The SMILES string of the molecule is O=C1C2CCCCC1c1ccccc12. The van der Waals surface area contributed by atoms with Gasteiger partial charge in [0, 0.05) is 11.8 Å². The smallest absolute Gasteiger partial charge is 0.147 e. The van der Waals surface area contributed by atoms with E-state index in [-0.39, 0.29) is 11.8 Å². The van der Waals surface area contributed by atoms with E-state index in [1.807, 2.05) is 0 Å². The van der Waals surface area contributed by atoms with Gasteiger partial charge in [0.05, 0.1) is 0 Å². The molecule has 0 spiro atoms. The summed E-state index contributed by atoms with van der Waals surface area (Å²) >= 11 is 0. The summed E-state index contributed by atoms with van der Waals surface area (Å²) in [4.78, 5) is 12.1. The van der Waals surface area contributed by atoms with Gasteiger partial charge in [0.2, 0.25) is 0 Å². The highest BCUT2D eigenvalue weighted by Crippen LogP contribution is 2.45. The summed E-state index contributed by atoms with van der Waals surface area (Å²) in [5.74, 6) is 0.959. The van der Waals surface area contributed by atoms with Gasteiger partial charge < -0.3 is 0 Å². The predicted molar refractivity (Wildman–Crippen MR) is 55.4 cm³/mol. The summed E-state index contributed by atoms with van der Waals surface area (Å²) in [5, 5.41) is 0. The van der Waals surface area contributed by atoms with Crippen LogP contribution in [0.15, 0.2) is 24.3 Å². The lowest BCUT2D eigenvalue weighted by molar-refractivity contribution is -0.120. The van der Waals surface area contributed by atoms with Crippen molar-refractivity contribution in [1.29, 1.82) is 0 Å². The number of benzene rings is 1. The minimum Gasteiger partial charge on any atom is -0.298 e. The van der Waals surface area contributed by atoms with Gasteiger partial charge in [0.25, 0.3) is 0 Å². The highest BCUT2D eigenvalue weighted by molar-refractivity contribution is 5.96. The Labute approximate surface area is 84.1 Å². The first-order valence-electron chi connectivity index (χ1n) is 5.50. The summed E-state index contributed by atoms with van der Waals surface area (Å²) in [5.41, 5.74) is 2.64. The van der Waals surface area contributed by atoms with Gasteiger partial charge in [0.15, 0.2) is 0 Å². The van der Waals surface area contributed by atoms with E-state index in [1.54, 1.807) is 0 Å². The maximum atomic E-state index is 12.1. The Morgan fingerprint density at radius 3 is 1.93 bits per heavy atom. The van der Waals surface area contributed by atoms with E-state index < -0.39 is 0 Å². The molecule has 2 bridgehead atoms. The first-order chi connectivity index (χ1) is 6.88. The molecule has 0 aliphatic heterocycles. The summed E-state index contributed by atoms with van der Waals surface area (Å²) in [7, 11) is 0. The van der Waals surface area contributed by atoms with Gasteiger partial charge in [-0.1, -0.05) is 37.1 Å². The van der Waals surface area contributed by atoms with Crippen molar-refractivity contribution >= 4 is 5.78 Å². The Morgan fingerprint density at radius 2 is 1.43 bits per heavy atom. The molecule has 0 heterocycles. The molecule has 2 aliphatic carbocycles. The molecule has 0 saturated heterocycles. The van der Waals surface area contributed by atoms with Gasteiger partial charge in [0.1, 0.15) is 5.78 Å². The second-order valence-corrected chi connectivity index (χ2v) is 4.42. The summed E-state index contributed by atoms with van der Waals surface area (Å²) in [6.45, 7) is 0. The zero-order valence-corrected chi connectivity index (χ0v) is 8.20. The largest absolute Gasteiger partial charge is 0.298 e. The van der Waals surface area contributed by atoms with Crippen LogP contribution < -0.4 is 0 Å². The van der Waals surface area contributed by atoms with Crippen molar-refractivity contribution in [3.8, 4) is 0 Å². The van der Waals surface area contributed by atoms with Crippen LogP contribution in [0.1, 0.15) is 48.6 Å². The molecule has 0 amide bonds. The molecule has 0 radical (unpaired) electrons. The second kappa shape index (κ2) is 2.94. The van der Waals surface area contributed by atoms with Gasteiger partial charge in [-0.3, -0.25) is 4.79 Å². The van der Waals surface area contributed by atoms with Crippen molar-refractivity contribution in [2.75, 3.05) is 0 Å². The summed E-state index contributed by atoms with van der Waals surface area (Å²) in [6.07, 6.45) is 4.60. The third-order valence-corrected chi connectivity index (χ3v) is 3.67. The lowest BCUT2D eigenvalue weighted by atomic mass is 9.94. The fraction of sp³-hybridized carbons (Fsp3) is 0.462. The highest BCUT2D eigenvalue weighted by Gasteiger charge is 2.39. The van der Waals surface area contributed by atoms with Crippen LogP contribution in [0.4, 0.5) is 0 Å². The molecule has 0 aromatic heterocycles. The number of carbonyl (C=O) groups excluding carboxylic acids is 1. The van der Waals surface area contributed by atoms with Crippen LogP contribution >= 0.6 is 0 Å². The van der Waals surface area contributed by atoms with E-state index in [1.165, 1.54) is 24.0 Å². The number of ketones is 1. The van der Waals surface area contributed by atoms with Crippen molar-refractivity contribution in [3.05, 3.63) is 35.4 Å². The van der Waals surface area contributed by atoms with E-state index in [0.29, 0.717) is 5.78 Å². The molecular weight excluding hydrogens is 172 g/mol. The molecule has 1 aromatic rings. The highest BCUT2D eigenvalue weighted by atomic mass is 16.1. The number of fused-ring (bicyclic) bond motifs is 5. The fourth-order valence-corrected chi connectivity index (χ4v) is 2.99. The lowest BCUT2D eigenvalue weighted by Crippen LogP contribution is -2.07. The van der Waals surface area contributed by atoms with Crippen LogP contribution in [0, 0.1) is 0 Å². The predicted octanol–water partition coefficient (Wildman–Crippen LogP) is 3.01. The topological polar surface area (TPSA) is 17.1 Å². The molecule has 1 fully saturated rings. The molecule has 1 aromatic carbocycles. The molecule has 1 saturated carbocycles. The molecule has 72 valence electrons. The van der Waals surface area contributed by atoms with Crippen LogP contribution in [-0.2, 0) is 4.79 Å². The van der Waals surface area contributed by atoms with Crippen molar-refractivity contribution in [3.63, 3.8) is 0 Å². The Balaban J connectivity index is 2.17. The number of rotatable bonds is 0. The Morgan fingerprint density at radius 1 is 0.929 bits per heavy atom. The van der Waals surface area contributed by atoms with Crippen LogP contribution in [0.3, 0.4) is 0 Å². The third kappa shape index (κ3) is 0.985. The monoisotopic (exact) mass is 186 g/mol. The average molecular weight is 186 g/mol. The standard InChI is InChI=1S/C13H14O/c14-13-11-7-3-4-8-12(13)10-6-2-1-5-9(10)11/h1-2,5-6,11-12H,3-4,7-8H2. The number of carbonyl (C=O) groups is 1. The van der Waals surface area contributed by atoms with Crippen molar-refractivity contribution in [2.45, 2.75) is 37.5 Å². The van der Waals surface area contributed by atoms with Crippen LogP contribution in [-0.4, -0.2) is 5.78 Å². The molecule has 2 aliphatic rings. The molecule has 2 unspecified atom stereocenters. The van der Waals surface area contributed by atoms with Gasteiger partial charge in [-0.2, -0.15) is 0 Å². The second-order valence-electron chi connectivity index (χ2n) is 4.42. The van der Waals surface area contributed by atoms with Crippen LogP contribution in [0.5, 0.6) is 0 Å². The van der Waals surface area contributed by atoms with E-state index in [9.17, 15) is 4.79 Å². The Kier molecular flexibility index (Phi) is 1.73. The van der Waals surface area contributed by atoms with E-state index in [2.05, 4.69) is 24.3 Å². The van der Waals surface area contributed by atoms with Crippen molar-refractivity contribution < 1.29 is 4.79 Å². The van der Waals surface area contributed by atoms with Gasteiger partial charge in [-0.25, -0.2) is 0 Å². The number of hydrogen-bond donors (Lipinski definition) is 0. The van der Waals surface area contributed by atoms with Crippen molar-refractivity contribution in [1.82, 2.24) is 0 Å². The summed E-state index contributed by atoms with van der Waals surface area (Å²) < 4.78 is 0. The van der Waals surface area contributed by atoms with E-state index in [4.69, 9.17) is 0 Å². The first-order valence-corrected chi connectivity index (χ1v) is 5.50. The molecule has 1 heteroatoms. The summed E-state index contributed by atoms with van der Waals surface area (Å²) in [6, 6.07) is 8.40. The van der Waals surface area contributed by atoms with E-state index in [0.717, 1.165) is 12.8 Å². The van der Waals surface area contributed by atoms with Gasteiger partial charge >= 0.3 is 0 Å². The molecule has 1 nitrogen and oxygen atoms in total. The average Bonchev–Trinajstić information content (AvgIpc) is 2.33. The zero-order valence-electron chi connectivity index (χ0n) is 8.20. The number of Topliss-reactive ketones (excluding diaryl/α,β-unsaturated/α-hetero) is 1. The maximum Gasteiger partial charge on any atom is 0.147 e. The van der Waals surface area contributed by atoms with Gasteiger partial charge in [-0.05, 0) is 24.0 Å². The minimum atomic E-state index is 0.235. The minimum absolute atomic E-state index is 0.235. The van der Waals surface area contributed by atoms with Crippen LogP contribution in [0.2, 0.25) is 0 Å². The van der Waals surface area contributed by atoms with Crippen LogP contribution in [0.25, 0.3) is 0 Å². The molecule has 14 heavy (non-hydrogen) atoms. The third-order valence-electron chi connectivity index (χ3n) is 3.67. The molecule has 2 atom stereocenters. The number of hydrogen-bond acceptors (Lipinski definition) is 1. The van der Waals surface area contributed by atoms with Crippen molar-refractivity contribution in [2.24, 2.45) is 0 Å². The molecule has 0 N–H and O–H groups in total. The lowest BCUT2D eigenvalue weighted by Gasteiger charge is -2.10. The normalized spacial score (nSPS) is 29.9. The Bertz CT molecular complexity index is 346.